The highest BCUT2D eigenvalue weighted by atomic mass is 32.1. The van der Waals surface area contributed by atoms with E-state index in [9.17, 15) is 19.1 Å². The van der Waals surface area contributed by atoms with Crippen molar-refractivity contribution >= 4 is 23.1 Å². The number of methoxy groups -OCH3 is 1. The van der Waals surface area contributed by atoms with Crippen molar-refractivity contribution in [2.75, 3.05) is 7.11 Å². The maximum absolute atomic E-state index is 13.4. The van der Waals surface area contributed by atoms with Crippen LogP contribution in [0.1, 0.15) is 20.8 Å². The van der Waals surface area contributed by atoms with Crippen molar-refractivity contribution < 1.29 is 23.8 Å². The number of aliphatic carboxylic acids is 1. The quantitative estimate of drug-likeness (QED) is 0.653. The lowest BCUT2D eigenvalue weighted by atomic mass is 10.0. The van der Waals surface area contributed by atoms with Crippen LogP contribution in [0.3, 0.4) is 0 Å². The second kappa shape index (κ2) is 7.49. The van der Waals surface area contributed by atoms with Gasteiger partial charge in [0, 0.05) is 10.4 Å². The van der Waals surface area contributed by atoms with Gasteiger partial charge in [-0.05, 0) is 53.6 Å². The molecule has 0 saturated carbocycles. The standard InChI is InChI=1S/C20H15FO4S/c1-25-16-7-5-12(6-8-16)20-14(11-18(22)23)10-17(26-20)19(24)13-3-2-4-15(21)9-13/h2-10H,11H2,1H3,(H,22,23). The average molecular weight is 370 g/mol. The highest BCUT2D eigenvalue weighted by Gasteiger charge is 2.19. The first-order valence-electron chi connectivity index (χ1n) is 7.77. The maximum Gasteiger partial charge on any atom is 0.307 e. The number of rotatable bonds is 6. The number of hydrogen-bond acceptors (Lipinski definition) is 4. The number of halogens is 1. The topological polar surface area (TPSA) is 63.6 Å². The summed E-state index contributed by atoms with van der Waals surface area (Å²) in [6.45, 7) is 0. The molecule has 0 saturated heterocycles. The SMILES string of the molecule is COc1ccc(-c2sc(C(=O)c3cccc(F)c3)cc2CC(=O)O)cc1. The highest BCUT2D eigenvalue weighted by Crippen LogP contribution is 2.35. The Morgan fingerprint density at radius 3 is 2.46 bits per heavy atom. The van der Waals surface area contributed by atoms with Crippen molar-refractivity contribution in [2.45, 2.75) is 6.42 Å². The van der Waals surface area contributed by atoms with Gasteiger partial charge in [0.25, 0.3) is 0 Å². The van der Waals surface area contributed by atoms with Crippen LogP contribution in [0.5, 0.6) is 5.75 Å². The molecular formula is C20H15FO4S. The number of carbonyl (C=O) groups excluding carboxylic acids is 1. The van der Waals surface area contributed by atoms with Gasteiger partial charge in [0.05, 0.1) is 18.4 Å². The summed E-state index contributed by atoms with van der Waals surface area (Å²) in [7, 11) is 1.56. The molecule has 2 aromatic carbocycles. The molecule has 0 spiro atoms. The van der Waals surface area contributed by atoms with Gasteiger partial charge in [0.15, 0.2) is 0 Å². The molecule has 0 aliphatic carbocycles. The Morgan fingerprint density at radius 1 is 1.12 bits per heavy atom. The Balaban J connectivity index is 2.03. The van der Waals surface area contributed by atoms with E-state index in [1.807, 2.05) is 12.1 Å². The van der Waals surface area contributed by atoms with Crippen molar-refractivity contribution in [3.8, 4) is 16.2 Å². The van der Waals surface area contributed by atoms with Crippen LogP contribution >= 0.6 is 11.3 Å². The van der Waals surface area contributed by atoms with Crippen molar-refractivity contribution in [1.82, 2.24) is 0 Å². The molecular weight excluding hydrogens is 355 g/mol. The minimum atomic E-state index is -0.984. The van der Waals surface area contributed by atoms with Gasteiger partial charge in [-0.25, -0.2) is 4.39 Å². The summed E-state index contributed by atoms with van der Waals surface area (Å²) in [6.07, 6.45) is -0.200. The van der Waals surface area contributed by atoms with Crippen molar-refractivity contribution in [2.24, 2.45) is 0 Å². The van der Waals surface area contributed by atoms with E-state index < -0.39 is 11.8 Å². The predicted molar refractivity (Wildman–Crippen MR) is 97.5 cm³/mol. The zero-order valence-electron chi connectivity index (χ0n) is 13.9. The third-order valence-corrected chi connectivity index (χ3v) is 5.04. The van der Waals surface area contributed by atoms with Crippen molar-refractivity contribution in [1.29, 1.82) is 0 Å². The zero-order valence-corrected chi connectivity index (χ0v) is 14.7. The summed E-state index contributed by atoms with van der Waals surface area (Å²) >= 11 is 1.20. The molecule has 0 unspecified atom stereocenters. The van der Waals surface area contributed by atoms with E-state index >= 15 is 0 Å². The molecule has 1 heterocycles. The number of carboxylic acids is 1. The summed E-state index contributed by atoms with van der Waals surface area (Å²) in [5.74, 6) is -1.13. The number of carboxylic acid groups (broad SMARTS) is 1. The van der Waals surface area contributed by atoms with Gasteiger partial charge in [-0.1, -0.05) is 12.1 Å². The van der Waals surface area contributed by atoms with Crippen LogP contribution in [0.4, 0.5) is 4.39 Å². The smallest absolute Gasteiger partial charge is 0.307 e. The van der Waals surface area contributed by atoms with Crippen LogP contribution in [0.2, 0.25) is 0 Å². The van der Waals surface area contributed by atoms with Gasteiger partial charge in [0.2, 0.25) is 5.78 Å². The molecule has 0 bridgehead atoms. The molecule has 0 fully saturated rings. The monoisotopic (exact) mass is 370 g/mol. The molecule has 3 rings (SSSR count). The maximum atomic E-state index is 13.4. The first kappa shape index (κ1) is 17.8. The summed E-state index contributed by atoms with van der Waals surface area (Å²) < 4.78 is 18.5. The molecule has 26 heavy (non-hydrogen) atoms. The summed E-state index contributed by atoms with van der Waals surface area (Å²) in [4.78, 5) is 24.9. The van der Waals surface area contributed by atoms with Gasteiger partial charge in [-0.2, -0.15) is 0 Å². The molecule has 0 aliphatic heterocycles. The summed E-state index contributed by atoms with van der Waals surface area (Å²) in [5.41, 5.74) is 1.58. The average Bonchev–Trinajstić information content (AvgIpc) is 3.04. The van der Waals surface area contributed by atoms with Gasteiger partial charge in [0.1, 0.15) is 11.6 Å². The molecule has 0 atom stereocenters. The third-order valence-electron chi connectivity index (χ3n) is 3.81. The predicted octanol–water partition coefficient (Wildman–Crippen LogP) is 4.42. The molecule has 1 aromatic heterocycles. The Labute approximate surface area is 153 Å². The zero-order chi connectivity index (χ0) is 18.7. The number of thiophene rings is 1. The number of hydrogen-bond donors (Lipinski definition) is 1. The lowest BCUT2D eigenvalue weighted by Gasteiger charge is -2.04. The van der Waals surface area contributed by atoms with Crippen LogP contribution in [0, 0.1) is 5.82 Å². The fourth-order valence-corrected chi connectivity index (χ4v) is 3.74. The van der Waals surface area contributed by atoms with Crippen molar-refractivity contribution in [3.63, 3.8) is 0 Å². The van der Waals surface area contributed by atoms with Gasteiger partial charge < -0.3 is 9.84 Å². The van der Waals surface area contributed by atoms with Crippen LogP contribution in [-0.4, -0.2) is 24.0 Å². The summed E-state index contributed by atoms with van der Waals surface area (Å²) in [5, 5.41) is 9.17. The van der Waals surface area contributed by atoms with E-state index in [0.29, 0.717) is 21.1 Å². The Bertz CT molecular complexity index is 960. The Hall–Kier alpha value is -2.99. The number of benzene rings is 2. The molecule has 4 nitrogen and oxygen atoms in total. The van der Waals surface area contributed by atoms with E-state index in [0.717, 1.165) is 5.56 Å². The molecule has 0 aliphatic rings. The molecule has 132 valence electrons. The molecule has 6 heteroatoms. The van der Waals surface area contributed by atoms with Gasteiger partial charge in [-0.3, -0.25) is 9.59 Å². The van der Waals surface area contributed by atoms with Crippen LogP contribution in [0.25, 0.3) is 10.4 Å². The van der Waals surface area contributed by atoms with Crippen LogP contribution < -0.4 is 4.74 Å². The van der Waals surface area contributed by atoms with E-state index in [-0.39, 0.29) is 17.8 Å². The minimum Gasteiger partial charge on any atom is -0.497 e. The first-order chi connectivity index (χ1) is 12.5. The van der Waals surface area contributed by atoms with E-state index in [2.05, 4.69) is 0 Å². The number of carbonyl (C=O) groups is 2. The Morgan fingerprint density at radius 2 is 1.85 bits per heavy atom. The largest absolute Gasteiger partial charge is 0.497 e. The first-order valence-corrected chi connectivity index (χ1v) is 8.59. The number of ether oxygens (including phenoxy) is 1. The van der Waals surface area contributed by atoms with Gasteiger partial charge >= 0.3 is 5.97 Å². The van der Waals surface area contributed by atoms with E-state index in [1.54, 1.807) is 25.3 Å². The second-order valence-corrected chi connectivity index (χ2v) is 6.66. The van der Waals surface area contributed by atoms with Gasteiger partial charge in [-0.15, -0.1) is 11.3 Å². The second-order valence-electron chi connectivity index (χ2n) is 5.60. The summed E-state index contributed by atoms with van der Waals surface area (Å²) in [6, 6.07) is 14.2. The molecule has 3 aromatic rings. The normalized spacial score (nSPS) is 10.5. The molecule has 0 amide bonds. The van der Waals surface area contributed by atoms with Crippen LogP contribution in [0.15, 0.2) is 54.6 Å². The lowest BCUT2D eigenvalue weighted by Crippen LogP contribution is -2.01. The fourth-order valence-electron chi connectivity index (χ4n) is 2.59. The molecule has 1 N–H and O–H groups in total. The lowest BCUT2D eigenvalue weighted by molar-refractivity contribution is -0.136. The Kier molecular flexibility index (Phi) is 5.14. The van der Waals surface area contributed by atoms with Crippen molar-refractivity contribution in [3.05, 3.63) is 76.4 Å². The molecule has 0 radical (unpaired) electrons. The van der Waals surface area contributed by atoms with E-state index in [1.165, 1.54) is 35.6 Å². The fraction of sp³-hybridized carbons (Fsp3) is 0.100. The third kappa shape index (κ3) is 3.81. The van der Waals surface area contributed by atoms with E-state index in [4.69, 9.17) is 4.74 Å². The van der Waals surface area contributed by atoms with Crippen LogP contribution in [-0.2, 0) is 11.2 Å². The highest BCUT2D eigenvalue weighted by molar-refractivity contribution is 7.17. The minimum absolute atomic E-state index is 0.200. The number of ketones is 1.